The molecule has 0 aromatic rings. The van der Waals surface area contributed by atoms with E-state index in [1.807, 2.05) is 20.8 Å². The number of nitrogens with zero attached hydrogens (tertiary/aromatic N) is 1. The van der Waals surface area contributed by atoms with E-state index in [1.54, 1.807) is 0 Å². The quantitative estimate of drug-likeness (QED) is 0.634. The van der Waals surface area contributed by atoms with Crippen LogP contribution in [-0.2, 0) is 9.59 Å². The molecule has 19 heavy (non-hydrogen) atoms. The molecule has 1 heterocycles. The minimum atomic E-state index is -0.569. The van der Waals surface area contributed by atoms with Crippen LogP contribution in [0.4, 0.5) is 0 Å². The van der Waals surface area contributed by atoms with Crippen molar-refractivity contribution in [3.05, 3.63) is 0 Å². The van der Waals surface area contributed by atoms with Crippen molar-refractivity contribution in [2.75, 3.05) is 0 Å². The fourth-order valence-corrected chi connectivity index (χ4v) is 3.51. The maximum atomic E-state index is 12.7. The van der Waals surface area contributed by atoms with Gasteiger partial charge < -0.3 is 5.73 Å². The molecule has 3 unspecified atom stereocenters. The van der Waals surface area contributed by atoms with Gasteiger partial charge in [0.15, 0.2) is 0 Å². The lowest BCUT2D eigenvalue weighted by Gasteiger charge is -2.31. The van der Waals surface area contributed by atoms with Gasteiger partial charge in [0.1, 0.15) is 0 Å². The second-order valence-electron chi connectivity index (χ2n) is 6.32. The largest absolute Gasteiger partial charge is 0.393 e. The topological polar surface area (TPSA) is 63.4 Å². The van der Waals surface area contributed by atoms with Crippen LogP contribution in [0.15, 0.2) is 0 Å². The minimum absolute atomic E-state index is 0.00240. The molecule has 2 rings (SSSR count). The van der Waals surface area contributed by atoms with Crippen molar-refractivity contribution in [3.63, 3.8) is 0 Å². The van der Waals surface area contributed by atoms with Gasteiger partial charge in [-0.3, -0.25) is 14.5 Å². The summed E-state index contributed by atoms with van der Waals surface area (Å²) in [6.07, 6.45) is 3.00. The van der Waals surface area contributed by atoms with Crippen molar-refractivity contribution in [1.82, 2.24) is 4.90 Å². The van der Waals surface area contributed by atoms with E-state index in [-0.39, 0.29) is 29.7 Å². The van der Waals surface area contributed by atoms with Gasteiger partial charge in [-0.25, -0.2) is 0 Å². The first-order valence-corrected chi connectivity index (χ1v) is 7.35. The molecule has 1 saturated carbocycles. The second-order valence-corrected chi connectivity index (χ2v) is 6.80. The van der Waals surface area contributed by atoms with Gasteiger partial charge in [0.05, 0.1) is 10.4 Å². The fourth-order valence-electron chi connectivity index (χ4n) is 3.23. The van der Waals surface area contributed by atoms with Crippen LogP contribution < -0.4 is 5.73 Å². The Bertz CT molecular complexity index is 435. The molecular weight excluding hydrogens is 260 g/mol. The van der Waals surface area contributed by atoms with Crippen molar-refractivity contribution in [2.45, 2.75) is 52.5 Å². The molecule has 3 atom stereocenters. The lowest BCUT2D eigenvalue weighted by molar-refractivity contribution is -0.145. The summed E-state index contributed by atoms with van der Waals surface area (Å²) >= 11 is 5.08. The van der Waals surface area contributed by atoms with Crippen LogP contribution in [0.1, 0.15) is 46.5 Å². The number of carbonyl (C=O) groups is 2. The third-order valence-electron chi connectivity index (χ3n) is 4.95. The lowest BCUT2D eigenvalue weighted by atomic mass is 9.77. The normalized spacial score (nSPS) is 35.5. The summed E-state index contributed by atoms with van der Waals surface area (Å²) in [5, 5.41) is 0. The van der Waals surface area contributed by atoms with Crippen LogP contribution in [0.3, 0.4) is 0 Å². The second kappa shape index (κ2) is 4.85. The van der Waals surface area contributed by atoms with Gasteiger partial charge in [0, 0.05) is 18.4 Å². The minimum Gasteiger partial charge on any atom is -0.393 e. The average Bonchev–Trinajstić information content (AvgIpc) is 2.84. The molecule has 1 saturated heterocycles. The number of rotatable bonds is 3. The summed E-state index contributed by atoms with van der Waals surface area (Å²) in [6, 6.07) is -0.113. The number of hydrogen-bond acceptors (Lipinski definition) is 3. The van der Waals surface area contributed by atoms with E-state index in [1.165, 1.54) is 4.90 Å². The average molecular weight is 282 g/mol. The maximum absolute atomic E-state index is 12.7. The number of nitrogens with two attached hydrogens (primary N) is 1. The summed E-state index contributed by atoms with van der Waals surface area (Å²) < 4.78 is 0. The van der Waals surface area contributed by atoms with Gasteiger partial charge in [-0.05, 0) is 25.7 Å². The highest BCUT2D eigenvalue weighted by Gasteiger charge is 2.53. The molecule has 2 aliphatic rings. The van der Waals surface area contributed by atoms with Crippen molar-refractivity contribution >= 4 is 29.0 Å². The van der Waals surface area contributed by atoms with Crippen LogP contribution >= 0.6 is 12.2 Å². The van der Waals surface area contributed by atoms with Gasteiger partial charge in [0.2, 0.25) is 11.8 Å². The number of imide groups is 1. The SMILES string of the molecule is CC(C)C1(C)CC(=O)N(C2CCCC2C(N)=S)C1=O. The monoisotopic (exact) mass is 282 g/mol. The molecule has 2 amide bonds. The zero-order valence-electron chi connectivity index (χ0n) is 11.8. The molecule has 1 aliphatic carbocycles. The highest BCUT2D eigenvalue weighted by Crippen LogP contribution is 2.43. The number of amides is 2. The first-order valence-electron chi connectivity index (χ1n) is 6.95. The summed E-state index contributed by atoms with van der Waals surface area (Å²) in [5.41, 5.74) is 5.19. The predicted octanol–water partition coefficient (Wildman–Crippen LogP) is 1.86. The summed E-state index contributed by atoms with van der Waals surface area (Å²) in [6.45, 7) is 5.88. The van der Waals surface area contributed by atoms with Crippen molar-refractivity contribution < 1.29 is 9.59 Å². The fraction of sp³-hybridized carbons (Fsp3) is 0.786. The first kappa shape index (κ1) is 14.4. The highest BCUT2D eigenvalue weighted by molar-refractivity contribution is 7.80. The third kappa shape index (κ3) is 2.18. The van der Waals surface area contributed by atoms with Gasteiger partial charge in [0.25, 0.3) is 0 Å². The van der Waals surface area contributed by atoms with Crippen molar-refractivity contribution in [3.8, 4) is 0 Å². The Morgan fingerprint density at radius 3 is 2.53 bits per heavy atom. The summed E-state index contributed by atoms with van der Waals surface area (Å²) in [7, 11) is 0. The van der Waals surface area contributed by atoms with E-state index in [0.717, 1.165) is 19.3 Å². The Hall–Kier alpha value is -0.970. The molecule has 0 radical (unpaired) electrons. The van der Waals surface area contributed by atoms with Crippen LogP contribution in [0.25, 0.3) is 0 Å². The number of thiocarbonyl (C=S) groups is 1. The summed E-state index contributed by atoms with van der Waals surface area (Å²) in [5.74, 6) is 0.0473. The Kier molecular flexibility index (Phi) is 3.69. The van der Waals surface area contributed by atoms with E-state index in [9.17, 15) is 9.59 Å². The van der Waals surface area contributed by atoms with E-state index in [2.05, 4.69) is 0 Å². The summed E-state index contributed by atoms with van der Waals surface area (Å²) in [4.78, 5) is 26.8. The molecule has 1 aliphatic heterocycles. The number of carbonyl (C=O) groups excluding carboxylic acids is 2. The molecule has 0 spiro atoms. The third-order valence-corrected chi connectivity index (χ3v) is 5.25. The Morgan fingerprint density at radius 2 is 2.05 bits per heavy atom. The lowest BCUT2D eigenvalue weighted by Crippen LogP contribution is -2.47. The Morgan fingerprint density at radius 1 is 1.42 bits per heavy atom. The van der Waals surface area contributed by atoms with Crippen LogP contribution in [0.2, 0.25) is 0 Å². The highest BCUT2D eigenvalue weighted by atomic mass is 32.1. The molecule has 106 valence electrons. The van der Waals surface area contributed by atoms with E-state index >= 15 is 0 Å². The Labute approximate surface area is 119 Å². The zero-order valence-corrected chi connectivity index (χ0v) is 12.6. The van der Waals surface area contributed by atoms with Crippen LogP contribution in [0.5, 0.6) is 0 Å². The molecular formula is C14H22N2O2S. The maximum Gasteiger partial charge on any atom is 0.236 e. The van der Waals surface area contributed by atoms with Gasteiger partial charge in [-0.1, -0.05) is 32.5 Å². The molecule has 0 aromatic heterocycles. The van der Waals surface area contributed by atoms with Gasteiger partial charge in [-0.2, -0.15) is 0 Å². The van der Waals surface area contributed by atoms with E-state index < -0.39 is 5.41 Å². The van der Waals surface area contributed by atoms with E-state index in [0.29, 0.717) is 11.4 Å². The first-order chi connectivity index (χ1) is 8.79. The smallest absolute Gasteiger partial charge is 0.236 e. The standard InChI is InChI=1S/C14H22N2O2S/c1-8(2)14(3)7-11(17)16(13(14)18)10-6-4-5-9(10)12(15)19/h8-10H,4-7H2,1-3H3,(H2,15,19). The van der Waals surface area contributed by atoms with E-state index in [4.69, 9.17) is 18.0 Å². The molecule has 0 aromatic carbocycles. The van der Waals surface area contributed by atoms with Gasteiger partial charge >= 0.3 is 0 Å². The van der Waals surface area contributed by atoms with Crippen molar-refractivity contribution in [2.24, 2.45) is 23.0 Å². The van der Waals surface area contributed by atoms with Crippen molar-refractivity contribution in [1.29, 1.82) is 0 Å². The molecule has 0 bridgehead atoms. The molecule has 2 N–H and O–H groups in total. The van der Waals surface area contributed by atoms with Crippen LogP contribution in [0, 0.1) is 17.3 Å². The van der Waals surface area contributed by atoms with Gasteiger partial charge in [-0.15, -0.1) is 0 Å². The number of likely N-dealkylation sites (tertiary alicyclic amines) is 1. The van der Waals surface area contributed by atoms with Crippen LogP contribution in [-0.4, -0.2) is 27.7 Å². The molecule has 5 heteroatoms. The zero-order chi connectivity index (χ0) is 14.4. The predicted molar refractivity (Wildman–Crippen MR) is 77.3 cm³/mol. The molecule has 2 fully saturated rings. The molecule has 4 nitrogen and oxygen atoms in total. The Balaban J connectivity index is 2.28. The number of hydrogen-bond donors (Lipinski definition) is 1.